The predicted octanol–water partition coefficient (Wildman–Crippen LogP) is 0.790. The Kier molecular flexibility index (Phi) is 2.46. The summed E-state index contributed by atoms with van der Waals surface area (Å²) < 4.78 is 5.31. The molecule has 0 aromatic carbocycles. The number of imidazole rings is 1. The fourth-order valence-electron chi connectivity index (χ4n) is 1.25. The molecule has 0 atom stereocenters. The van der Waals surface area contributed by atoms with E-state index in [4.69, 9.17) is 5.11 Å². The maximum absolute atomic E-state index is 10.9. The summed E-state index contributed by atoms with van der Waals surface area (Å²) in [7, 11) is 0. The van der Waals surface area contributed by atoms with E-state index in [0.29, 0.717) is 12.4 Å². The van der Waals surface area contributed by atoms with Crippen LogP contribution in [-0.2, 0) is 6.54 Å². The average molecular weight is 224 g/mol. The van der Waals surface area contributed by atoms with E-state index in [1.807, 2.05) is 0 Å². The van der Waals surface area contributed by atoms with E-state index in [-0.39, 0.29) is 5.69 Å². The highest BCUT2D eigenvalue weighted by Crippen LogP contribution is 2.08. The molecule has 0 saturated heterocycles. The third kappa shape index (κ3) is 1.86. The molecule has 2 heterocycles. The molecule has 0 amide bonds. The van der Waals surface area contributed by atoms with Gasteiger partial charge in [0.1, 0.15) is 11.5 Å². The van der Waals surface area contributed by atoms with Gasteiger partial charge in [0.05, 0.1) is 18.4 Å². The molecule has 2 rings (SSSR count). The van der Waals surface area contributed by atoms with Gasteiger partial charge in [0.2, 0.25) is 0 Å². The number of rotatable bonds is 3. The first-order valence-corrected chi connectivity index (χ1v) is 5.03. The lowest BCUT2D eigenvalue weighted by Crippen LogP contribution is -2.11. The maximum atomic E-state index is 10.9. The molecule has 0 aliphatic rings. The van der Waals surface area contributed by atoms with Crippen LogP contribution in [0.1, 0.15) is 22.0 Å². The summed E-state index contributed by atoms with van der Waals surface area (Å²) in [6.07, 6.45) is 1.34. The predicted molar refractivity (Wildman–Crippen MR) is 52.9 cm³/mol. The van der Waals surface area contributed by atoms with Crippen molar-refractivity contribution < 1.29 is 9.90 Å². The van der Waals surface area contributed by atoms with E-state index in [9.17, 15) is 4.79 Å². The minimum Gasteiger partial charge on any atom is -0.477 e. The SMILES string of the molecule is Cc1ncc(C(=O)O)n1Cc1csnn1. The average Bonchev–Trinajstić information content (AvgIpc) is 2.78. The van der Waals surface area contributed by atoms with Gasteiger partial charge in [0.25, 0.3) is 0 Å². The first kappa shape index (κ1) is 9.78. The van der Waals surface area contributed by atoms with E-state index in [1.165, 1.54) is 17.7 Å². The Bertz CT molecular complexity index is 477. The van der Waals surface area contributed by atoms with Crippen molar-refractivity contribution in [3.05, 3.63) is 28.8 Å². The largest absolute Gasteiger partial charge is 0.477 e. The lowest BCUT2D eigenvalue weighted by atomic mass is 10.4. The molecule has 6 nitrogen and oxygen atoms in total. The third-order valence-corrected chi connectivity index (χ3v) is 2.55. The van der Waals surface area contributed by atoms with Crippen LogP contribution in [0.4, 0.5) is 0 Å². The van der Waals surface area contributed by atoms with E-state index >= 15 is 0 Å². The van der Waals surface area contributed by atoms with Crippen molar-refractivity contribution in [1.29, 1.82) is 0 Å². The summed E-state index contributed by atoms with van der Waals surface area (Å²) in [5.74, 6) is -0.334. The van der Waals surface area contributed by atoms with Crippen LogP contribution >= 0.6 is 11.5 Å². The second-order valence-corrected chi connectivity index (χ2v) is 3.59. The first-order chi connectivity index (χ1) is 7.18. The molecule has 2 aromatic heterocycles. The van der Waals surface area contributed by atoms with Gasteiger partial charge in [-0.15, -0.1) is 5.10 Å². The van der Waals surface area contributed by atoms with Crippen LogP contribution in [0, 0.1) is 6.92 Å². The number of hydrogen-bond acceptors (Lipinski definition) is 5. The minimum atomic E-state index is -0.987. The monoisotopic (exact) mass is 224 g/mol. The fraction of sp³-hybridized carbons (Fsp3) is 0.250. The first-order valence-electron chi connectivity index (χ1n) is 4.20. The zero-order valence-electron chi connectivity index (χ0n) is 7.91. The smallest absolute Gasteiger partial charge is 0.354 e. The van der Waals surface area contributed by atoms with Gasteiger partial charge in [0, 0.05) is 5.38 Å². The third-order valence-electron chi connectivity index (χ3n) is 2.00. The summed E-state index contributed by atoms with van der Waals surface area (Å²) >= 11 is 1.24. The maximum Gasteiger partial charge on any atom is 0.354 e. The highest BCUT2D eigenvalue weighted by atomic mass is 32.1. The molecule has 2 aromatic rings. The van der Waals surface area contributed by atoms with Crippen LogP contribution in [0.5, 0.6) is 0 Å². The summed E-state index contributed by atoms with van der Waals surface area (Å²) in [5, 5.41) is 14.6. The fourth-order valence-corrected chi connectivity index (χ4v) is 1.70. The summed E-state index contributed by atoms with van der Waals surface area (Å²) in [6.45, 7) is 2.15. The van der Waals surface area contributed by atoms with E-state index < -0.39 is 5.97 Å². The van der Waals surface area contributed by atoms with Gasteiger partial charge in [-0.3, -0.25) is 0 Å². The Morgan fingerprint density at radius 3 is 3.07 bits per heavy atom. The minimum absolute atomic E-state index is 0.167. The molecule has 0 unspecified atom stereocenters. The molecule has 0 fully saturated rings. The number of carboxylic acid groups (broad SMARTS) is 1. The number of aromatic nitrogens is 4. The van der Waals surface area contributed by atoms with Gasteiger partial charge < -0.3 is 9.67 Å². The van der Waals surface area contributed by atoms with Gasteiger partial charge in [-0.1, -0.05) is 4.49 Å². The molecular formula is C8H8N4O2S. The van der Waals surface area contributed by atoms with Gasteiger partial charge in [-0.05, 0) is 18.5 Å². The number of carbonyl (C=O) groups is 1. The van der Waals surface area contributed by atoms with E-state index in [2.05, 4.69) is 14.6 Å². The van der Waals surface area contributed by atoms with Gasteiger partial charge in [0.15, 0.2) is 0 Å². The summed E-state index contributed by atoms with van der Waals surface area (Å²) in [6, 6.07) is 0. The summed E-state index contributed by atoms with van der Waals surface area (Å²) in [4.78, 5) is 14.8. The normalized spacial score (nSPS) is 10.5. The van der Waals surface area contributed by atoms with Crippen LogP contribution in [0.15, 0.2) is 11.6 Å². The lowest BCUT2D eigenvalue weighted by Gasteiger charge is -2.04. The highest BCUT2D eigenvalue weighted by molar-refractivity contribution is 7.03. The molecule has 0 aliphatic carbocycles. The van der Waals surface area contributed by atoms with Crippen LogP contribution in [0.25, 0.3) is 0 Å². The number of carboxylic acids is 1. The van der Waals surface area contributed by atoms with Crippen molar-refractivity contribution in [3.63, 3.8) is 0 Å². The molecule has 0 spiro atoms. The standard InChI is InChI=1S/C8H8N4O2S/c1-5-9-2-7(8(13)14)12(5)3-6-4-15-11-10-6/h2,4H,3H2,1H3,(H,13,14). The topological polar surface area (TPSA) is 80.9 Å². The second kappa shape index (κ2) is 3.77. The zero-order chi connectivity index (χ0) is 10.8. The number of nitrogens with zero attached hydrogens (tertiary/aromatic N) is 4. The molecule has 0 saturated carbocycles. The molecule has 0 aliphatic heterocycles. The highest BCUT2D eigenvalue weighted by Gasteiger charge is 2.13. The van der Waals surface area contributed by atoms with Crippen LogP contribution < -0.4 is 0 Å². The quantitative estimate of drug-likeness (QED) is 0.833. The molecular weight excluding hydrogens is 216 g/mol. The van der Waals surface area contributed by atoms with Crippen molar-refractivity contribution in [2.45, 2.75) is 13.5 Å². The Morgan fingerprint density at radius 1 is 1.67 bits per heavy atom. The van der Waals surface area contributed by atoms with E-state index in [0.717, 1.165) is 5.69 Å². The second-order valence-electron chi connectivity index (χ2n) is 2.98. The molecule has 78 valence electrons. The molecule has 1 N–H and O–H groups in total. The number of hydrogen-bond donors (Lipinski definition) is 1. The molecule has 0 bridgehead atoms. The Morgan fingerprint density at radius 2 is 2.47 bits per heavy atom. The number of aryl methyl sites for hydroxylation is 1. The Labute approximate surface area is 89.4 Å². The van der Waals surface area contributed by atoms with Crippen molar-refractivity contribution >= 4 is 17.5 Å². The Hall–Kier alpha value is -1.76. The molecule has 15 heavy (non-hydrogen) atoms. The van der Waals surface area contributed by atoms with Crippen molar-refractivity contribution in [2.75, 3.05) is 0 Å². The van der Waals surface area contributed by atoms with E-state index in [1.54, 1.807) is 16.9 Å². The molecule has 0 radical (unpaired) electrons. The van der Waals surface area contributed by atoms with Crippen molar-refractivity contribution in [2.24, 2.45) is 0 Å². The summed E-state index contributed by atoms with van der Waals surface area (Å²) in [5.41, 5.74) is 0.907. The van der Waals surface area contributed by atoms with Gasteiger partial charge >= 0.3 is 5.97 Å². The van der Waals surface area contributed by atoms with Crippen LogP contribution in [0.3, 0.4) is 0 Å². The zero-order valence-corrected chi connectivity index (χ0v) is 8.73. The van der Waals surface area contributed by atoms with Crippen LogP contribution in [0.2, 0.25) is 0 Å². The molecule has 7 heteroatoms. The van der Waals surface area contributed by atoms with Crippen molar-refractivity contribution in [3.8, 4) is 0 Å². The van der Waals surface area contributed by atoms with Gasteiger partial charge in [-0.25, -0.2) is 9.78 Å². The number of aromatic carboxylic acids is 1. The lowest BCUT2D eigenvalue weighted by molar-refractivity contribution is 0.0685. The van der Waals surface area contributed by atoms with Gasteiger partial charge in [-0.2, -0.15) is 0 Å². The Balaban J connectivity index is 2.35. The van der Waals surface area contributed by atoms with Crippen molar-refractivity contribution in [1.82, 2.24) is 19.1 Å². The van der Waals surface area contributed by atoms with Crippen LogP contribution in [-0.4, -0.2) is 30.2 Å².